The van der Waals surface area contributed by atoms with Gasteiger partial charge in [0.25, 0.3) is 0 Å². The van der Waals surface area contributed by atoms with Gasteiger partial charge in [0.2, 0.25) is 0 Å². The quantitative estimate of drug-likeness (QED) is 0.815. The van der Waals surface area contributed by atoms with Gasteiger partial charge in [-0.2, -0.15) is 0 Å². The average Bonchev–Trinajstić information content (AvgIpc) is 2.55. The maximum atomic E-state index is 12.1. The number of amides is 1. The molecule has 0 aromatic heterocycles. The van der Waals surface area contributed by atoms with E-state index in [0.29, 0.717) is 19.6 Å². The van der Waals surface area contributed by atoms with Crippen LogP contribution in [0.25, 0.3) is 0 Å². The molecular weight excluding hydrogens is 314 g/mol. The van der Waals surface area contributed by atoms with Crippen LogP contribution < -0.4 is 5.32 Å². The fourth-order valence-corrected chi connectivity index (χ4v) is 2.38. The van der Waals surface area contributed by atoms with Crippen molar-refractivity contribution in [2.75, 3.05) is 6.61 Å². The average molecular weight is 341 g/mol. The van der Waals surface area contributed by atoms with Crippen LogP contribution in [0.2, 0.25) is 0 Å². The summed E-state index contributed by atoms with van der Waals surface area (Å²) in [7, 11) is 0. The summed E-state index contributed by atoms with van der Waals surface area (Å²) < 4.78 is 11.4. The van der Waals surface area contributed by atoms with Gasteiger partial charge in [0.1, 0.15) is 6.10 Å². The highest BCUT2D eigenvalue weighted by molar-refractivity contribution is 5.68. The lowest BCUT2D eigenvalue weighted by molar-refractivity contribution is 0.0117. The molecule has 1 N–H and O–H groups in total. The minimum atomic E-state index is -0.420. The zero-order valence-electron chi connectivity index (χ0n) is 15.2. The minimum absolute atomic E-state index is 0.334. The first kappa shape index (κ1) is 19.0. The van der Waals surface area contributed by atoms with Crippen LogP contribution in [0.4, 0.5) is 4.79 Å². The molecule has 1 amide bonds. The standard InChI is InChI=1S/C21H27NO3/c1-21(2,3)22-20(23)25-19(14-17-10-6-4-7-11-17)16-24-15-18-12-8-5-9-13-18/h4-13,19H,14-16H2,1-3H3,(H,22,23)/t19-/m0/s1. The lowest BCUT2D eigenvalue weighted by atomic mass is 10.1. The lowest BCUT2D eigenvalue weighted by Crippen LogP contribution is -2.43. The third-order valence-corrected chi connectivity index (χ3v) is 3.47. The van der Waals surface area contributed by atoms with Gasteiger partial charge in [0.15, 0.2) is 0 Å². The van der Waals surface area contributed by atoms with Gasteiger partial charge in [-0.3, -0.25) is 0 Å². The first-order valence-electron chi connectivity index (χ1n) is 8.57. The second-order valence-electron chi connectivity index (χ2n) is 7.09. The predicted molar refractivity (Wildman–Crippen MR) is 99.4 cm³/mol. The van der Waals surface area contributed by atoms with Gasteiger partial charge in [0, 0.05) is 12.0 Å². The smallest absolute Gasteiger partial charge is 0.407 e. The number of nitrogens with one attached hydrogen (secondary N) is 1. The van der Waals surface area contributed by atoms with Crippen LogP contribution in [0.15, 0.2) is 60.7 Å². The Morgan fingerprint density at radius 2 is 1.52 bits per heavy atom. The van der Waals surface area contributed by atoms with Crippen LogP contribution in [0.1, 0.15) is 31.9 Å². The second kappa shape index (κ2) is 9.23. The number of rotatable bonds is 7. The number of benzene rings is 2. The first-order valence-corrected chi connectivity index (χ1v) is 8.57. The maximum absolute atomic E-state index is 12.1. The minimum Gasteiger partial charge on any atom is -0.443 e. The number of hydrogen-bond donors (Lipinski definition) is 1. The Balaban J connectivity index is 1.92. The molecule has 0 aliphatic heterocycles. The van der Waals surface area contributed by atoms with Crippen molar-refractivity contribution < 1.29 is 14.3 Å². The van der Waals surface area contributed by atoms with E-state index in [4.69, 9.17) is 9.47 Å². The summed E-state index contributed by atoms with van der Waals surface area (Å²) in [5.41, 5.74) is 1.87. The third kappa shape index (κ3) is 7.86. The molecule has 2 aromatic rings. The molecule has 1 atom stereocenters. The highest BCUT2D eigenvalue weighted by Crippen LogP contribution is 2.10. The molecule has 0 fully saturated rings. The van der Waals surface area contributed by atoms with Crippen LogP contribution in [-0.2, 0) is 22.5 Å². The summed E-state index contributed by atoms with van der Waals surface area (Å²) in [4.78, 5) is 12.1. The Labute approximate surface area is 150 Å². The SMILES string of the molecule is CC(C)(C)NC(=O)O[C@H](COCc1ccccc1)Cc1ccccc1. The topological polar surface area (TPSA) is 47.6 Å². The van der Waals surface area contributed by atoms with Crippen molar-refractivity contribution in [3.63, 3.8) is 0 Å². The third-order valence-electron chi connectivity index (χ3n) is 3.47. The molecule has 0 unspecified atom stereocenters. The molecule has 0 radical (unpaired) electrons. The fourth-order valence-electron chi connectivity index (χ4n) is 2.38. The van der Waals surface area contributed by atoms with Crippen LogP contribution in [0.5, 0.6) is 0 Å². The van der Waals surface area contributed by atoms with Gasteiger partial charge in [-0.15, -0.1) is 0 Å². The molecule has 0 aliphatic rings. The number of carbonyl (C=O) groups excluding carboxylic acids is 1. The van der Waals surface area contributed by atoms with Gasteiger partial charge < -0.3 is 14.8 Å². The van der Waals surface area contributed by atoms with Crippen LogP contribution in [0.3, 0.4) is 0 Å². The fraction of sp³-hybridized carbons (Fsp3) is 0.381. The molecule has 0 aliphatic carbocycles. The molecule has 0 bridgehead atoms. The van der Waals surface area contributed by atoms with Gasteiger partial charge >= 0.3 is 6.09 Å². The molecular formula is C21H27NO3. The number of carbonyl (C=O) groups is 1. The molecule has 4 nitrogen and oxygen atoms in total. The van der Waals surface area contributed by atoms with Crippen molar-refractivity contribution in [2.24, 2.45) is 0 Å². The molecule has 25 heavy (non-hydrogen) atoms. The van der Waals surface area contributed by atoms with Crippen molar-refractivity contribution in [1.82, 2.24) is 5.32 Å². The van der Waals surface area contributed by atoms with E-state index < -0.39 is 6.09 Å². The lowest BCUT2D eigenvalue weighted by Gasteiger charge is -2.24. The summed E-state index contributed by atoms with van der Waals surface area (Å²) in [5, 5.41) is 2.83. The van der Waals surface area contributed by atoms with E-state index in [9.17, 15) is 4.79 Å². The van der Waals surface area contributed by atoms with Crippen molar-refractivity contribution in [1.29, 1.82) is 0 Å². The molecule has 4 heteroatoms. The van der Waals surface area contributed by atoms with Crippen molar-refractivity contribution >= 4 is 6.09 Å². The van der Waals surface area contributed by atoms with Crippen molar-refractivity contribution in [3.05, 3.63) is 71.8 Å². The normalized spacial score (nSPS) is 12.4. The summed E-state index contributed by atoms with van der Waals surface area (Å²) in [6.07, 6.45) is -0.141. The molecule has 0 saturated carbocycles. The Kier molecular flexibility index (Phi) is 7.02. The summed E-state index contributed by atoms with van der Waals surface area (Å²) in [6.45, 7) is 6.61. The van der Waals surface area contributed by atoms with E-state index in [1.54, 1.807) is 0 Å². The first-order chi connectivity index (χ1) is 11.9. The summed E-state index contributed by atoms with van der Waals surface area (Å²) in [5.74, 6) is 0. The van der Waals surface area contributed by atoms with E-state index in [-0.39, 0.29) is 11.6 Å². The Bertz CT molecular complexity index is 635. The molecule has 2 rings (SSSR count). The highest BCUT2D eigenvalue weighted by Gasteiger charge is 2.20. The largest absolute Gasteiger partial charge is 0.443 e. The van der Waals surface area contributed by atoms with Crippen molar-refractivity contribution in [2.45, 2.75) is 45.4 Å². The second-order valence-corrected chi connectivity index (χ2v) is 7.09. The van der Waals surface area contributed by atoms with E-state index in [1.165, 1.54) is 0 Å². The molecule has 0 heterocycles. The van der Waals surface area contributed by atoms with Crippen LogP contribution in [-0.4, -0.2) is 24.3 Å². The Morgan fingerprint density at radius 1 is 0.960 bits per heavy atom. The monoisotopic (exact) mass is 341 g/mol. The summed E-state index contributed by atoms with van der Waals surface area (Å²) >= 11 is 0. The Morgan fingerprint density at radius 3 is 2.08 bits per heavy atom. The van der Waals surface area contributed by atoms with Crippen LogP contribution >= 0.6 is 0 Å². The van der Waals surface area contributed by atoms with Gasteiger partial charge in [-0.05, 0) is 31.9 Å². The number of ether oxygens (including phenoxy) is 2. The molecule has 0 spiro atoms. The molecule has 2 aromatic carbocycles. The zero-order chi connectivity index (χ0) is 18.1. The predicted octanol–water partition coefficient (Wildman–Crippen LogP) is 4.34. The molecule has 134 valence electrons. The number of alkyl carbamates (subject to hydrolysis) is 1. The Hall–Kier alpha value is -2.33. The van der Waals surface area contributed by atoms with E-state index in [2.05, 4.69) is 5.32 Å². The van der Waals surface area contributed by atoms with Crippen LogP contribution in [0, 0.1) is 0 Å². The van der Waals surface area contributed by atoms with Crippen molar-refractivity contribution in [3.8, 4) is 0 Å². The van der Waals surface area contributed by atoms with E-state index in [1.807, 2.05) is 81.4 Å². The van der Waals surface area contributed by atoms with Gasteiger partial charge in [0.05, 0.1) is 13.2 Å². The number of hydrogen-bond acceptors (Lipinski definition) is 3. The highest BCUT2D eigenvalue weighted by atomic mass is 16.6. The van der Waals surface area contributed by atoms with E-state index >= 15 is 0 Å². The van der Waals surface area contributed by atoms with Gasteiger partial charge in [-0.25, -0.2) is 4.79 Å². The zero-order valence-corrected chi connectivity index (χ0v) is 15.2. The van der Waals surface area contributed by atoms with E-state index in [0.717, 1.165) is 11.1 Å². The van der Waals surface area contributed by atoms with Gasteiger partial charge in [-0.1, -0.05) is 60.7 Å². The molecule has 0 saturated heterocycles. The summed E-state index contributed by atoms with van der Waals surface area (Å²) in [6, 6.07) is 19.9. The maximum Gasteiger partial charge on any atom is 0.407 e.